The van der Waals surface area contributed by atoms with Crippen molar-refractivity contribution < 1.29 is 19.4 Å². The second-order valence-corrected chi connectivity index (χ2v) is 6.83. The lowest BCUT2D eigenvalue weighted by Crippen LogP contribution is -2.15. The molecule has 0 bridgehead atoms. The van der Waals surface area contributed by atoms with Crippen molar-refractivity contribution in [3.8, 4) is 5.75 Å². The van der Waals surface area contributed by atoms with Crippen molar-refractivity contribution in [1.29, 1.82) is 0 Å². The Morgan fingerprint density at radius 2 is 2.07 bits per heavy atom. The van der Waals surface area contributed by atoms with Crippen LogP contribution < -0.4 is 9.64 Å². The molecule has 1 aliphatic rings. The maximum absolute atomic E-state index is 11.9. The number of aliphatic carboxylic acids is 1. The Morgan fingerprint density at radius 1 is 1.21 bits per heavy atom. The molecule has 0 saturated carbocycles. The summed E-state index contributed by atoms with van der Waals surface area (Å²) in [7, 11) is 0. The minimum atomic E-state index is -1.01. The number of rotatable bonds is 5. The number of anilines is 2. The molecule has 1 aromatic heterocycles. The molecule has 0 spiro atoms. The largest absolute Gasteiger partial charge is 0.481 e. The number of nitrogens with zero attached hydrogens (tertiary/aromatic N) is 3. The highest BCUT2D eigenvalue weighted by molar-refractivity contribution is 5.94. The van der Waals surface area contributed by atoms with Crippen LogP contribution >= 0.6 is 0 Å². The number of fused-ring (bicyclic) bond motifs is 2. The fraction of sp³-hybridized carbons (Fsp3) is 0.182. The molecular formula is C22H19N3O4. The van der Waals surface area contributed by atoms with Crippen LogP contribution in [0.1, 0.15) is 17.5 Å². The highest BCUT2D eigenvalue weighted by Gasteiger charge is 2.23. The number of carboxylic acid groups (broad SMARTS) is 1. The Bertz CT molecular complexity index is 1140. The first-order chi connectivity index (χ1) is 14.0. The van der Waals surface area contributed by atoms with Crippen molar-refractivity contribution in [1.82, 2.24) is 9.97 Å². The summed E-state index contributed by atoms with van der Waals surface area (Å²) in [6.45, 7) is 2.87. The van der Waals surface area contributed by atoms with E-state index < -0.39 is 11.9 Å². The number of aromatic nitrogens is 2. The molecule has 1 N–H and O–H groups in total. The highest BCUT2D eigenvalue weighted by Crippen LogP contribution is 2.37. The standard InChI is InChI=1S/C22H19N3O4/c1-14-5-6-15-9-10-25(19(15)11-14)22-17-12-16(7-8-18(17)23-13-24-22)29-21(28)4-2-3-20(26)27/h2,4-8,11-13H,3,9-10H2,1H3,(H,26,27). The molecule has 2 aromatic carbocycles. The van der Waals surface area contributed by atoms with Gasteiger partial charge in [-0.15, -0.1) is 0 Å². The van der Waals surface area contributed by atoms with Gasteiger partial charge in [0.25, 0.3) is 0 Å². The van der Waals surface area contributed by atoms with Crippen LogP contribution in [0.25, 0.3) is 10.9 Å². The molecule has 7 nitrogen and oxygen atoms in total. The van der Waals surface area contributed by atoms with Gasteiger partial charge in [0.05, 0.1) is 11.9 Å². The van der Waals surface area contributed by atoms with E-state index in [0.29, 0.717) is 5.75 Å². The molecule has 4 rings (SSSR count). The quantitative estimate of drug-likeness (QED) is 0.405. The van der Waals surface area contributed by atoms with Crippen molar-refractivity contribution in [3.05, 3.63) is 66.0 Å². The van der Waals surface area contributed by atoms with Crippen molar-refractivity contribution >= 4 is 34.3 Å². The Hall–Kier alpha value is -3.74. The van der Waals surface area contributed by atoms with E-state index in [1.54, 1.807) is 18.2 Å². The van der Waals surface area contributed by atoms with E-state index in [-0.39, 0.29) is 6.42 Å². The van der Waals surface area contributed by atoms with E-state index >= 15 is 0 Å². The van der Waals surface area contributed by atoms with Crippen LogP contribution in [0.5, 0.6) is 5.75 Å². The van der Waals surface area contributed by atoms with Gasteiger partial charge in [-0.3, -0.25) is 4.79 Å². The van der Waals surface area contributed by atoms with E-state index in [4.69, 9.17) is 9.84 Å². The van der Waals surface area contributed by atoms with E-state index in [1.807, 2.05) is 0 Å². The Kier molecular flexibility index (Phi) is 4.95. The van der Waals surface area contributed by atoms with Crippen LogP contribution in [0.3, 0.4) is 0 Å². The zero-order valence-corrected chi connectivity index (χ0v) is 15.8. The molecule has 2 heterocycles. The fourth-order valence-corrected chi connectivity index (χ4v) is 3.42. The summed E-state index contributed by atoms with van der Waals surface area (Å²) in [6.07, 6.45) is 4.60. The first-order valence-corrected chi connectivity index (χ1v) is 9.23. The van der Waals surface area contributed by atoms with Crippen LogP contribution in [0.4, 0.5) is 11.5 Å². The molecular weight excluding hydrogens is 370 g/mol. The number of benzene rings is 2. The lowest BCUT2D eigenvalue weighted by atomic mass is 10.1. The minimum absolute atomic E-state index is 0.238. The van der Waals surface area contributed by atoms with Crippen LogP contribution in [0.2, 0.25) is 0 Å². The zero-order valence-electron chi connectivity index (χ0n) is 15.8. The number of hydrogen-bond acceptors (Lipinski definition) is 6. The molecule has 0 radical (unpaired) electrons. The third kappa shape index (κ3) is 3.94. The average Bonchev–Trinajstić information content (AvgIpc) is 3.10. The Morgan fingerprint density at radius 3 is 2.90 bits per heavy atom. The maximum atomic E-state index is 11.9. The van der Waals surface area contributed by atoms with Gasteiger partial charge in [0.1, 0.15) is 17.9 Å². The van der Waals surface area contributed by atoms with Gasteiger partial charge in [-0.05, 0) is 48.7 Å². The van der Waals surface area contributed by atoms with Crippen molar-refractivity contribution in [2.45, 2.75) is 19.8 Å². The van der Waals surface area contributed by atoms with Crippen LogP contribution in [-0.4, -0.2) is 33.6 Å². The third-order valence-corrected chi connectivity index (χ3v) is 4.74. The topological polar surface area (TPSA) is 92.6 Å². The number of carboxylic acids is 1. The number of aryl methyl sites for hydroxylation is 1. The van der Waals surface area contributed by atoms with Gasteiger partial charge in [-0.2, -0.15) is 0 Å². The Balaban J connectivity index is 1.66. The van der Waals surface area contributed by atoms with Crippen LogP contribution in [-0.2, 0) is 16.0 Å². The summed E-state index contributed by atoms with van der Waals surface area (Å²) in [5, 5.41) is 9.41. The summed E-state index contributed by atoms with van der Waals surface area (Å²) in [6, 6.07) is 11.6. The number of ether oxygens (including phenoxy) is 1. The summed E-state index contributed by atoms with van der Waals surface area (Å²) < 4.78 is 5.32. The normalized spacial score (nSPS) is 13.1. The van der Waals surface area contributed by atoms with Crippen molar-refractivity contribution in [3.63, 3.8) is 0 Å². The van der Waals surface area contributed by atoms with Crippen molar-refractivity contribution in [2.75, 3.05) is 11.4 Å². The third-order valence-electron chi connectivity index (χ3n) is 4.74. The van der Waals surface area contributed by atoms with Gasteiger partial charge in [0.15, 0.2) is 0 Å². The highest BCUT2D eigenvalue weighted by atomic mass is 16.5. The molecule has 0 aliphatic carbocycles. The summed E-state index contributed by atoms with van der Waals surface area (Å²) >= 11 is 0. The summed E-state index contributed by atoms with van der Waals surface area (Å²) in [5.74, 6) is -0.533. The van der Waals surface area contributed by atoms with Gasteiger partial charge in [0, 0.05) is 23.7 Å². The average molecular weight is 389 g/mol. The number of esters is 1. The van der Waals surface area contributed by atoms with Gasteiger partial charge in [-0.25, -0.2) is 14.8 Å². The monoisotopic (exact) mass is 389 g/mol. The number of carbonyl (C=O) groups is 2. The lowest BCUT2D eigenvalue weighted by molar-refractivity contribution is -0.136. The van der Waals surface area contributed by atoms with E-state index in [0.717, 1.165) is 41.4 Å². The molecule has 0 fully saturated rings. The smallest absolute Gasteiger partial charge is 0.335 e. The molecule has 0 unspecified atom stereocenters. The fourth-order valence-electron chi connectivity index (χ4n) is 3.42. The second kappa shape index (κ2) is 7.71. The van der Waals surface area contributed by atoms with E-state index in [1.165, 1.54) is 23.5 Å². The lowest BCUT2D eigenvalue weighted by Gasteiger charge is -2.20. The molecule has 1 aliphatic heterocycles. The molecule has 29 heavy (non-hydrogen) atoms. The Labute approximate surface area is 167 Å². The van der Waals surface area contributed by atoms with E-state index in [2.05, 4.69) is 40.0 Å². The molecule has 7 heteroatoms. The molecule has 146 valence electrons. The van der Waals surface area contributed by atoms with Crippen molar-refractivity contribution in [2.24, 2.45) is 0 Å². The number of carbonyl (C=O) groups excluding carboxylic acids is 1. The van der Waals surface area contributed by atoms with Gasteiger partial charge < -0.3 is 14.7 Å². The number of hydrogen-bond donors (Lipinski definition) is 1. The SMILES string of the molecule is Cc1ccc2c(c1)N(c1ncnc3ccc(OC(=O)C=CCC(=O)O)cc13)CC2. The van der Waals surface area contributed by atoms with Crippen LogP contribution in [0.15, 0.2) is 54.9 Å². The zero-order chi connectivity index (χ0) is 20.4. The minimum Gasteiger partial charge on any atom is -0.481 e. The predicted molar refractivity (Wildman–Crippen MR) is 108 cm³/mol. The summed E-state index contributed by atoms with van der Waals surface area (Å²) in [4.78, 5) is 33.4. The first kappa shape index (κ1) is 18.6. The van der Waals surface area contributed by atoms with Gasteiger partial charge in [-0.1, -0.05) is 18.2 Å². The molecule has 0 saturated heterocycles. The molecule has 0 atom stereocenters. The molecule has 0 amide bonds. The van der Waals surface area contributed by atoms with E-state index in [9.17, 15) is 9.59 Å². The summed E-state index contributed by atoms with van der Waals surface area (Å²) in [5.41, 5.74) is 4.33. The van der Waals surface area contributed by atoms with Crippen LogP contribution in [0, 0.1) is 6.92 Å². The van der Waals surface area contributed by atoms with Gasteiger partial charge in [0.2, 0.25) is 0 Å². The maximum Gasteiger partial charge on any atom is 0.335 e. The predicted octanol–water partition coefficient (Wildman–Crippen LogP) is 3.57. The first-order valence-electron chi connectivity index (χ1n) is 9.23. The molecule has 3 aromatic rings. The second-order valence-electron chi connectivity index (χ2n) is 6.83. The van der Waals surface area contributed by atoms with Gasteiger partial charge >= 0.3 is 11.9 Å².